The highest BCUT2D eigenvalue weighted by Crippen LogP contribution is 2.31. The van der Waals surface area contributed by atoms with E-state index in [1.165, 1.54) is 0 Å². The lowest BCUT2D eigenvalue weighted by Crippen LogP contribution is -2.33. The van der Waals surface area contributed by atoms with E-state index in [2.05, 4.69) is 16.4 Å². The number of ether oxygens (including phenoxy) is 2. The van der Waals surface area contributed by atoms with Crippen LogP contribution < -0.4 is 10.1 Å². The van der Waals surface area contributed by atoms with Crippen LogP contribution in [0.5, 0.6) is 5.75 Å². The summed E-state index contributed by atoms with van der Waals surface area (Å²) in [4.78, 5) is 27.8. The van der Waals surface area contributed by atoms with Gasteiger partial charge in [0, 0.05) is 29.6 Å². The highest BCUT2D eigenvalue weighted by atomic mass is 16.5. The van der Waals surface area contributed by atoms with Crippen LogP contribution in [-0.4, -0.2) is 37.1 Å². The summed E-state index contributed by atoms with van der Waals surface area (Å²) in [5, 5.41) is 4.06. The van der Waals surface area contributed by atoms with Crippen molar-refractivity contribution in [1.82, 2.24) is 10.3 Å². The van der Waals surface area contributed by atoms with Gasteiger partial charge in [-0.3, -0.25) is 9.59 Å². The Balaban J connectivity index is 1.46. The number of rotatable bonds is 8. The molecule has 1 atom stereocenters. The van der Waals surface area contributed by atoms with Gasteiger partial charge < -0.3 is 19.8 Å². The average Bonchev–Trinajstić information content (AvgIpc) is 3.49. The van der Waals surface area contributed by atoms with Gasteiger partial charge in [0.15, 0.2) is 6.61 Å². The molecule has 1 aliphatic rings. The van der Waals surface area contributed by atoms with Crippen LogP contribution in [0.4, 0.5) is 0 Å². The van der Waals surface area contributed by atoms with E-state index in [4.69, 9.17) is 9.47 Å². The van der Waals surface area contributed by atoms with Gasteiger partial charge in [-0.05, 0) is 42.2 Å². The van der Waals surface area contributed by atoms with Gasteiger partial charge in [0.1, 0.15) is 5.75 Å². The lowest BCUT2D eigenvalue weighted by atomic mass is 9.91. The predicted molar refractivity (Wildman–Crippen MR) is 119 cm³/mol. The zero-order valence-electron chi connectivity index (χ0n) is 17.7. The number of para-hydroxylation sites is 1. The molecule has 1 aromatic heterocycles. The van der Waals surface area contributed by atoms with E-state index < -0.39 is 0 Å². The van der Waals surface area contributed by atoms with Gasteiger partial charge in [-0.2, -0.15) is 0 Å². The van der Waals surface area contributed by atoms with Crippen molar-refractivity contribution in [3.8, 4) is 5.75 Å². The largest absolute Gasteiger partial charge is 0.497 e. The van der Waals surface area contributed by atoms with Crippen molar-refractivity contribution >= 4 is 22.8 Å². The van der Waals surface area contributed by atoms with Crippen LogP contribution in [0, 0.1) is 5.92 Å². The van der Waals surface area contributed by atoms with Crippen molar-refractivity contribution in [2.45, 2.75) is 31.6 Å². The molecule has 6 heteroatoms. The number of hydrogen-bond acceptors (Lipinski definition) is 4. The van der Waals surface area contributed by atoms with E-state index in [0.717, 1.165) is 53.5 Å². The quantitative estimate of drug-likeness (QED) is 0.536. The molecule has 6 nitrogen and oxygen atoms in total. The number of methoxy groups -OCH3 is 1. The molecule has 3 aromatic rings. The fourth-order valence-electron chi connectivity index (χ4n) is 4.31. The van der Waals surface area contributed by atoms with Crippen LogP contribution in [0.1, 0.15) is 42.7 Å². The van der Waals surface area contributed by atoms with Gasteiger partial charge in [-0.15, -0.1) is 0 Å². The number of H-pyrrole nitrogens is 1. The van der Waals surface area contributed by atoms with E-state index >= 15 is 0 Å². The first-order chi connectivity index (χ1) is 15.2. The first-order valence-corrected chi connectivity index (χ1v) is 10.8. The number of aromatic amines is 1. The normalized spacial score (nSPS) is 15.0. The monoisotopic (exact) mass is 420 g/mol. The van der Waals surface area contributed by atoms with Crippen LogP contribution in [0.25, 0.3) is 10.9 Å². The van der Waals surface area contributed by atoms with E-state index in [1.807, 2.05) is 48.7 Å². The maximum atomic E-state index is 12.4. The SMILES string of the molecule is COc1ccc([C@H](CNC(=O)COC(=O)C2CCCC2)c2c[nH]c3ccccc23)cc1. The van der Waals surface area contributed by atoms with E-state index in [9.17, 15) is 9.59 Å². The third-order valence-electron chi connectivity index (χ3n) is 6.05. The summed E-state index contributed by atoms with van der Waals surface area (Å²) < 4.78 is 10.5. The smallest absolute Gasteiger partial charge is 0.309 e. The number of carbonyl (C=O) groups excluding carboxylic acids is 2. The van der Waals surface area contributed by atoms with Crippen molar-refractivity contribution in [2.75, 3.05) is 20.3 Å². The molecular formula is C25H28N2O4. The minimum Gasteiger partial charge on any atom is -0.497 e. The molecule has 0 bridgehead atoms. The second-order valence-corrected chi connectivity index (χ2v) is 8.01. The molecule has 2 aromatic carbocycles. The van der Waals surface area contributed by atoms with E-state index in [0.29, 0.717) is 6.54 Å². The second kappa shape index (κ2) is 9.69. The molecule has 0 saturated heterocycles. The van der Waals surface area contributed by atoms with E-state index in [1.54, 1.807) is 7.11 Å². The second-order valence-electron chi connectivity index (χ2n) is 8.01. The number of carbonyl (C=O) groups is 2. The maximum Gasteiger partial charge on any atom is 0.309 e. The molecule has 1 aliphatic carbocycles. The van der Waals surface area contributed by atoms with Gasteiger partial charge in [0.05, 0.1) is 13.0 Å². The zero-order chi connectivity index (χ0) is 21.6. The molecular weight excluding hydrogens is 392 g/mol. The number of hydrogen-bond donors (Lipinski definition) is 2. The minimum atomic E-state index is -0.287. The van der Waals surface area contributed by atoms with Gasteiger partial charge in [0.2, 0.25) is 0 Å². The Morgan fingerprint density at radius 2 is 1.84 bits per heavy atom. The molecule has 1 fully saturated rings. The van der Waals surface area contributed by atoms with Gasteiger partial charge in [-0.1, -0.05) is 43.2 Å². The van der Waals surface area contributed by atoms with Crippen molar-refractivity contribution < 1.29 is 19.1 Å². The molecule has 1 saturated carbocycles. The fraction of sp³-hybridized carbons (Fsp3) is 0.360. The van der Waals surface area contributed by atoms with Crippen LogP contribution in [0.3, 0.4) is 0 Å². The molecule has 1 amide bonds. The third kappa shape index (κ3) is 4.90. The first-order valence-electron chi connectivity index (χ1n) is 10.8. The number of aromatic nitrogens is 1. The average molecular weight is 421 g/mol. The molecule has 31 heavy (non-hydrogen) atoms. The fourth-order valence-corrected chi connectivity index (χ4v) is 4.31. The van der Waals surface area contributed by atoms with Crippen LogP contribution in [0.15, 0.2) is 54.7 Å². The first kappa shape index (κ1) is 21.0. The minimum absolute atomic E-state index is 0.0499. The summed E-state index contributed by atoms with van der Waals surface area (Å²) in [6.45, 7) is 0.159. The highest BCUT2D eigenvalue weighted by molar-refractivity contribution is 5.85. The lowest BCUT2D eigenvalue weighted by Gasteiger charge is -2.19. The molecule has 0 aliphatic heterocycles. The summed E-state index contributed by atoms with van der Waals surface area (Å²) in [6, 6.07) is 16.0. The topological polar surface area (TPSA) is 80.4 Å². The molecule has 0 unspecified atom stereocenters. The Hall–Kier alpha value is -3.28. The van der Waals surface area contributed by atoms with E-state index in [-0.39, 0.29) is 30.3 Å². The summed E-state index contributed by atoms with van der Waals surface area (Å²) in [6.07, 6.45) is 5.83. The number of benzene rings is 2. The van der Waals surface area contributed by atoms with Crippen LogP contribution in [0.2, 0.25) is 0 Å². The molecule has 0 radical (unpaired) electrons. The Morgan fingerprint density at radius 3 is 2.58 bits per heavy atom. The van der Waals surface area contributed by atoms with Crippen molar-refractivity contribution in [1.29, 1.82) is 0 Å². The molecule has 2 N–H and O–H groups in total. The number of nitrogens with one attached hydrogen (secondary N) is 2. The number of amides is 1. The summed E-state index contributed by atoms with van der Waals surface area (Å²) in [5.41, 5.74) is 3.21. The molecule has 4 rings (SSSR count). The lowest BCUT2D eigenvalue weighted by molar-refractivity contribution is -0.152. The summed E-state index contributed by atoms with van der Waals surface area (Å²) in [5.74, 6) is 0.132. The van der Waals surface area contributed by atoms with Crippen LogP contribution in [-0.2, 0) is 14.3 Å². The Morgan fingerprint density at radius 1 is 1.10 bits per heavy atom. The Bertz CT molecular complexity index is 1040. The Kier molecular flexibility index (Phi) is 6.55. The standard InChI is InChI=1S/C25H28N2O4/c1-30-19-12-10-17(11-13-19)21(22-15-26-23-9-5-4-8-20(22)23)14-27-24(28)16-31-25(29)18-6-2-3-7-18/h4-5,8-13,15,18,21,26H,2-3,6-7,14,16H2,1H3,(H,27,28)/t21-/m0/s1. The molecule has 1 heterocycles. The Labute approximate surface area is 181 Å². The van der Waals surface area contributed by atoms with Crippen molar-refractivity contribution in [3.05, 3.63) is 65.9 Å². The van der Waals surface area contributed by atoms with Crippen LogP contribution >= 0.6 is 0 Å². The summed E-state index contributed by atoms with van der Waals surface area (Å²) in [7, 11) is 1.64. The highest BCUT2D eigenvalue weighted by Gasteiger charge is 2.25. The zero-order valence-corrected chi connectivity index (χ0v) is 17.7. The number of esters is 1. The maximum absolute atomic E-state index is 12.4. The van der Waals surface area contributed by atoms with Gasteiger partial charge >= 0.3 is 5.97 Å². The van der Waals surface area contributed by atoms with Crippen molar-refractivity contribution in [2.24, 2.45) is 5.92 Å². The van der Waals surface area contributed by atoms with Gasteiger partial charge in [-0.25, -0.2) is 0 Å². The predicted octanol–water partition coefficient (Wildman–Crippen LogP) is 4.16. The third-order valence-corrected chi connectivity index (χ3v) is 6.05. The van der Waals surface area contributed by atoms with Crippen molar-refractivity contribution in [3.63, 3.8) is 0 Å². The summed E-state index contributed by atoms with van der Waals surface area (Å²) >= 11 is 0. The number of fused-ring (bicyclic) bond motifs is 1. The van der Waals surface area contributed by atoms with Gasteiger partial charge in [0.25, 0.3) is 5.91 Å². The molecule has 0 spiro atoms. The molecule has 162 valence electrons.